The summed E-state index contributed by atoms with van der Waals surface area (Å²) >= 11 is 12.9. The molecule has 0 radical (unpaired) electrons. The molecule has 0 N–H and O–H groups in total. The van der Waals surface area contributed by atoms with E-state index < -0.39 is 23.9 Å². The molecule has 4 rings (SSSR count). The second-order valence-corrected chi connectivity index (χ2v) is 9.68. The Morgan fingerprint density at radius 2 is 1.89 bits per heavy atom. The van der Waals surface area contributed by atoms with Crippen molar-refractivity contribution in [1.29, 1.82) is 5.26 Å². The van der Waals surface area contributed by atoms with Gasteiger partial charge in [0.25, 0.3) is 0 Å². The number of carbonyl (C=O) groups is 3. The van der Waals surface area contributed by atoms with Gasteiger partial charge in [-0.15, -0.1) is 0 Å². The van der Waals surface area contributed by atoms with Crippen molar-refractivity contribution < 1.29 is 23.9 Å². The molecule has 0 aromatic heterocycles. The maximum absolute atomic E-state index is 12.6. The normalized spacial score (nSPS) is 15.8. The summed E-state index contributed by atoms with van der Waals surface area (Å²) in [5.41, 5.74) is 1.81. The van der Waals surface area contributed by atoms with Crippen LogP contribution in [0.2, 0.25) is 10.0 Å². The second-order valence-electron chi connectivity index (χ2n) is 8.87. The third-order valence-corrected chi connectivity index (χ3v) is 6.64. The Balaban J connectivity index is 1.50. The van der Waals surface area contributed by atoms with Crippen molar-refractivity contribution in [1.82, 2.24) is 0 Å². The average Bonchev–Trinajstić information content (AvgIpc) is 3.46. The van der Waals surface area contributed by atoms with Crippen LogP contribution in [-0.2, 0) is 32.1 Å². The molecule has 0 spiro atoms. The number of Topliss-reactive ketones (excluding diaryl/α,β-unsaturated/α-hetero) is 1. The average molecular weight is 528 g/mol. The predicted molar refractivity (Wildman–Crippen MR) is 135 cm³/mol. The maximum atomic E-state index is 12.6. The first-order valence-electron chi connectivity index (χ1n) is 11.4. The number of rotatable bonds is 9. The van der Waals surface area contributed by atoms with Crippen molar-refractivity contribution >= 4 is 52.3 Å². The fourth-order valence-corrected chi connectivity index (χ4v) is 4.65. The Bertz CT molecular complexity index is 1300. The number of fused-ring (bicyclic) bond motifs is 1. The summed E-state index contributed by atoms with van der Waals surface area (Å²) in [6, 6.07) is 10.3. The van der Waals surface area contributed by atoms with Crippen molar-refractivity contribution in [3.8, 4) is 17.6 Å². The minimum Gasteiger partial charge on any atom is -0.466 e. The SMILES string of the molecule is CCOC(=O)CC(=O)C(C#N)=NCc1cc(Cl)c(Oc2ccc3c(c2)N(C2(C)CC2)C(=O)C3)c(Cl)c1. The van der Waals surface area contributed by atoms with Gasteiger partial charge in [0.1, 0.15) is 18.2 Å². The highest BCUT2D eigenvalue weighted by Gasteiger charge is 2.49. The molecule has 1 amide bonds. The van der Waals surface area contributed by atoms with Crippen LogP contribution in [0.3, 0.4) is 0 Å². The van der Waals surface area contributed by atoms with Crippen LogP contribution in [0.5, 0.6) is 11.5 Å². The molecule has 8 nitrogen and oxygen atoms in total. The first-order valence-corrected chi connectivity index (χ1v) is 12.2. The number of ketones is 1. The number of ether oxygens (including phenoxy) is 2. The van der Waals surface area contributed by atoms with E-state index in [1.165, 1.54) is 0 Å². The molecule has 1 saturated carbocycles. The van der Waals surface area contributed by atoms with Crippen LogP contribution in [0.1, 0.15) is 44.2 Å². The summed E-state index contributed by atoms with van der Waals surface area (Å²) in [4.78, 5) is 42.0. The number of nitrogens with zero attached hydrogens (tertiary/aromatic N) is 3. The monoisotopic (exact) mass is 527 g/mol. The van der Waals surface area contributed by atoms with Crippen LogP contribution in [0.4, 0.5) is 5.69 Å². The van der Waals surface area contributed by atoms with Crippen LogP contribution in [0.15, 0.2) is 35.3 Å². The van der Waals surface area contributed by atoms with Gasteiger partial charge < -0.3 is 14.4 Å². The zero-order chi connectivity index (χ0) is 26.0. The summed E-state index contributed by atoms with van der Waals surface area (Å²) in [5.74, 6) is -0.636. The Kier molecular flexibility index (Phi) is 7.34. The molecule has 1 heterocycles. The van der Waals surface area contributed by atoms with Gasteiger partial charge in [-0.25, -0.2) is 0 Å². The molecule has 0 unspecified atom stereocenters. The van der Waals surface area contributed by atoms with Gasteiger partial charge in [-0.05, 0) is 56.0 Å². The predicted octanol–water partition coefficient (Wildman–Crippen LogP) is 5.21. The first-order chi connectivity index (χ1) is 17.1. The highest BCUT2D eigenvalue weighted by Crippen LogP contribution is 2.49. The van der Waals surface area contributed by atoms with Crippen LogP contribution < -0.4 is 9.64 Å². The minimum absolute atomic E-state index is 0.0499. The number of nitriles is 1. The Morgan fingerprint density at radius 3 is 2.50 bits per heavy atom. The lowest BCUT2D eigenvalue weighted by Crippen LogP contribution is -2.37. The lowest BCUT2D eigenvalue weighted by atomic mass is 10.1. The van der Waals surface area contributed by atoms with E-state index in [9.17, 15) is 19.6 Å². The lowest BCUT2D eigenvalue weighted by Gasteiger charge is -2.25. The summed E-state index contributed by atoms with van der Waals surface area (Å²) in [7, 11) is 0. The Labute approximate surface area is 218 Å². The van der Waals surface area contributed by atoms with Gasteiger partial charge in [0.2, 0.25) is 11.7 Å². The number of amides is 1. The summed E-state index contributed by atoms with van der Waals surface area (Å²) in [6.07, 6.45) is 1.74. The zero-order valence-electron chi connectivity index (χ0n) is 19.8. The summed E-state index contributed by atoms with van der Waals surface area (Å²) < 4.78 is 10.7. The third kappa shape index (κ3) is 5.38. The number of hydrogen-bond donors (Lipinski definition) is 0. The fraction of sp³-hybridized carbons (Fsp3) is 0.346. The fourth-order valence-electron chi connectivity index (χ4n) is 4.04. The lowest BCUT2D eigenvalue weighted by molar-refractivity contribution is -0.144. The molecule has 1 aliphatic heterocycles. The molecule has 1 aliphatic carbocycles. The minimum atomic E-state index is -0.725. The highest BCUT2D eigenvalue weighted by molar-refractivity contribution is 6.48. The Morgan fingerprint density at radius 1 is 1.19 bits per heavy atom. The summed E-state index contributed by atoms with van der Waals surface area (Å²) in [5, 5.41) is 9.67. The molecule has 36 heavy (non-hydrogen) atoms. The van der Waals surface area contributed by atoms with Crippen LogP contribution in [-0.4, -0.2) is 35.5 Å². The number of esters is 1. The van der Waals surface area contributed by atoms with E-state index in [-0.39, 0.29) is 40.4 Å². The van der Waals surface area contributed by atoms with Gasteiger partial charge in [-0.2, -0.15) is 5.26 Å². The summed E-state index contributed by atoms with van der Waals surface area (Å²) in [6.45, 7) is 3.78. The van der Waals surface area contributed by atoms with Gasteiger partial charge in [0, 0.05) is 11.6 Å². The van der Waals surface area contributed by atoms with Crippen LogP contribution in [0.25, 0.3) is 0 Å². The molecule has 0 bridgehead atoms. The first kappa shape index (κ1) is 25.7. The zero-order valence-corrected chi connectivity index (χ0v) is 21.3. The number of benzene rings is 2. The van der Waals surface area contributed by atoms with Gasteiger partial charge in [0.15, 0.2) is 11.5 Å². The van der Waals surface area contributed by atoms with E-state index in [2.05, 4.69) is 11.9 Å². The van der Waals surface area contributed by atoms with Crippen molar-refractivity contribution in [2.75, 3.05) is 11.5 Å². The van der Waals surface area contributed by atoms with Gasteiger partial charge in [-0.1, -0.05) is 29.3 Å². The Hall–Kier alpha value is -3.41. The molecule has 10 heteroatoms. The van der Waals surface area contributed by atoms with Crippen molar-refractivity contribution in [2.24, 2.45) is 4.99 Å². The molecular formula is C26H23Cl2N3O5. The van der Waals surface area contributed by atoms with E-state index in [1.807, 2.05) is 17.0 Å². The van der Waals surface area contributed by atoms with Gasteiger partial charge >= 0.3 is 5.97 Å². The standard InChI is InChI=1S/C26H23Cl2N3O5/c1-3-35-24(34)12-22(32)20(13-29)30-14-15-8-18(27)25(19(28)9-15)36-17-5-4-16-10-23(33)31(21(16)11-17)26(2)6-7-26/h4-5,8-9,11H,3,6-7,10,12,14H2,1-2H3. The third-order valence-electron chi connectivity index (χ3n) is 6.08. The number of anilines is 1. The van der Waals surface area contributed by atoms with Crippen molar-refractivity contribution in [3.05, 3.63) is 51.5 Å². The van der Waals surface area contributed by atoms with Gasteiger partial charge in [0.05, 0.1) is 35.3 Å². The number of carbonyl (C=O) groups excluding carboxylic acids is 3. The van der Waals surface area contributed by atoms with E-state index >= 15 is 0 Å². The smallest absolute Gasteiger partial charge is 0.313 e. The molecule has 0 saturated heterocycles. The van der Waals surface area contributed by atoms with Gasteiger partial charge in [-0.3, -0.25) is 19.4 Å². The largest absolute Gasteiger partial charge is 0.466 e. The molecular weight excluding hydrogens is 505 g/mol. The highest BCUT2D eigenvalue weighted by atomic mass is 35.5. The topological polar surface area (TPSA) is 109 Å². The molecule has 1 fully saturated rings. The molecule has 2 aromatic carbocycles. The number of hydrogen-bond acceptors (Lipinski definition) is 7. The molecule has 186 valence electrons. The van der Waals surface area contributed by atoms with Crippen LogP contribution >= 0.6 is 23.2 Å². The second kappa shape index (κ2) is 10.3. The maximum Gasteiger partial charge on any atom is 0.313 e. The molecule has 0 atom stereocenters. The van der Waals surface area contributed by atoms with E-state index in [4.69, 9.17) is 32.7 Å². The molecule has 2 aliphatic rings. The van der Waals surface area contributed by atoms with E-state index in [0.29, 0.717) is 17.7 Å². The van der Waals surface area contributed by atoms with E-state index in [1.54, 1.807) is 31.2 Å². The quantitative estimate of drug-likeness (QED) is 0.251. The van der Waals surface area contributed by atoms with Crippen LogP contribution in [0, 0.1) is 11.3 Å². The van der Waals surface area contributed by atoms with Crippen molar-refractivity contribution in [2.45, 2.75) is 51.6 Å². The van der Waals surface area contributed by atoms with Crippen molar-refractivity contribution in [3.63, 3.8) is 0 Å². The van der Waals surface area contributed by atoms with E-state index in [0.717, 1.165) is 24.1 Å². The number of halogens is 2. The molecule has 2 aromatic rings. The number of aliphatic imine (C=N–C) groups is 1.